The van der Waals surface area contributed by atoms with Crippen molar-refractivity contribution in [2.75, 3.05) is 7.11 Å². The molecule has 0 unspecified atom stereocenters. The number of carbonyl (C=O) groups excluding carboxylic acids is 1. The van der Waals surface area contributed by atoms with Gasteiger partial charge in [-0.3, -0.25) is 19.1 Å². The molecule has 1 atom stereocenters. The molecule has 2 N–H and O–H groups in total. The van der Waals surface area contributed by atoms with E-state index in [0.717, 1.165) is 16.6 Å². The van der Waals surface area contributed by atoms with E-state index >= 15 is 0 Å². The summed E-state index contributed by atoms with van der Waals surface area (Å²) in [7, 11) is 1.54. The largest absolute Gasteiger partial charge is 0.496 e. The SMILES string of the molecule is CCCCn1c(O)c(C2=NN(C(=O)CC)[C@H](c3ccccc3OC)C2)c(=O)[nH]c1=O. The number of hydrazone groups is 1. The fraction of sp³-hybridized carbons (Fsp3) is 0.429. The van der Waals surface area contributed by atoms with Crippen molar-refractivity contribution < 1.29 is 14.6 Å². The van der Waals surface area contributed by atoms with E-state index in [1.807, 2.05) is 25.1 Å². The van der Waals surface area contributed by atoms with E-state index in [0.29, 0.717) is 12.2 Å². The highest BCUT2D eigenvalue weighted by atomic mass is 16.5. The van der Waals surface area contributed by atoms with E-state index in [1.165, 1.54) is 5.01 Å². The number of aromatic hydroxyl groups is 1. The van der Waals surface area contributed by atoms with Crippen molar-refractivity contribution in [2.45, 2.75) is 52.1 Å². The molecular weight excluding hydrogens is 388 g/mol. The molecule has 1 aromatic carbocycles. The van der Waals surface area contributed by atoms with Crippen molar-refractivity contribution in [3.8, 4) is 11.6 Å². The molecule has 3 rings (SSSR count). The van der Waals surface area contributed by atoms with Crippen LogP contribution in [0.1, 0.15) is 56.7 Å². The molecule has 30 heavy (non-hydrogen) atoms. The lowest BCUT2D eigenvalue weighted by atomic mass is 9.98. The molecule has 1 aliphatic rings. The fourth-order valence-corrected chi connectivity index (χ4v) is 3.58. The van der Waals surface area contributed by atoms with Gasteiger partial charge in [-0.25, -0.2) is 9.80 Å². The molecule has 0 saturated carbocycles. The summed E-state index contributed by atoms with van der Waals surface area (Å²) in [6.45, 7) is 3.96. The number of unbranched alkanes of at least 4 members (excludes halogenated alkanes) is 1. The van der Waals surface area contributed by atoms with Crippen LogP contribution in [0.15, 0.2) is 39.0 Å². The Kier molecular flexibility index (Phi) is 6.39. The Morgan fingerprint density at radius 1 is 1.30 bits per heavy atom. The summed E-state index contributed by atoms with van der Waals surface area (Å²) in [6.07, 6.45) is 1.90. The third kappa shape index (κ3) is 3.87. The second-order valence-corrected chi connectivity index (χ2v) is 7.06. The summed E-state index contributed by atoms with van der Waals surface area (Å²) in [6, 6.07) is 6.80. The number of aromatic amines is 1. The monoisotopic (exact) mass is 414 g/mol. The van der Waals surface area contributed by atoms with Crippen molar-refractivity contribution in [1.82, 2.24) is 14.6 Å². The average Bonchev–Trinajstić information content (AvgIpc) is 3.17. The smallest absolute Gasteiger partial charge is 0.331 e. The third-order valence-corrected chi connectivity index (χ3v) is 5.16. The number of para-hydroxylation sites is 1. The molecule has 160 valence electrons. The Morgan fingerprint density at radius 2 is 2.03 bits per heavy atom. The van der Waals surface area contributed by atoms with Crippen LogP contribution >= 0.6 is 0 Å². The quantitative estimate of drug-likeness (QED) is 0.720. The second kappa shape index (κ2) is 8.98. The molecule has 0 radical (unpaired) electrons. The van der Waals surface area contributed by atoms with Gasteiger partial charge in [0.05, 0.1) is 18.9 Å². The Morgan fingerprint density at radius 3 is 2.70 bits per heavy atom. The molecule has 2 heterocycles. The molecule has 1 aromatic heterocycles. The maximum absolute atomic E-state index is 12.6. The number of amides is 1. The molecule has 0 spiro atoms. The van der Waals surface area contributed by atoms with Crippen LogP contribution in [0, 0.1) is 0 Å². The van der Waals surface area contributed by atoms with Crippen molar-refractivity contribution in [3.63, 3.8) is 0 Å². The Balaban J connectivity index is 2.10. The van der Waals surface area contributed by atoms with E-state index in [4.69, 9.17) is 4.74 Å². The van der Waals surface area contributed by atoms with Gasteiger partial charge in [-0.2, -0.15) is 5.10 Å². The molecule has 0 bridgehead atoms. The van der Waals surface area contributed by atoms with E-state index < -0.39 is 23.2 Å². The summed E-state index contributed by atoms with van der Waals surface area (Å²) < 4.78 is 6.57. The number of aromatic nitrogens is 2. The van der Waals surface area contributed by atoms with Crippen molar-refractivity contribution in [2.24, 2.45) is 5.10 Å². The predicted molar refractivity (Wildman–Crippen MR) is 112 cm³/mol. The zero-order valence-corrected chi connectivity index (χ0v) is 17.3. The Bertz CT molecular complexity index is 1090. The zero-order valence-electron chi connectivity index (χ0n) is 17.3. The summed E-state index contributed by atoms with van der Waals surface area (Å²) in [5.74, 6) is -0.0597. The second-order valence-electron chi connectivity index (χ2n) is 7.06. The van der Waals surface area contributed by atoms with Gasteiger partial charge in [-0.1, -0.05) is 38.5 Å². The normalized spacial score (nSPS) is 15.9. The van der Waals surface area contributed by atoms with Gasteiger partial charge in [-0.05, 0) is 12.5 Å². The standard InChI is InChI=1S/C21H26N4O5/c1-4-6-11-24-20(28)18(19(27)22-21(24)29)14-12-15(25(23-14)17(26)5-2)13-9-7-8-10-16(13)30-3/h7-10,15,28H,4-6,11-12H2,1-3H3,(H,22,27,29)/t15-/m0/s1. The first-order chi connectivity index (χ1) is 14.4. The molecule has 1 amide bonds. The molecule has 1 aliphatic heterocycles. The molecular formula is C21H26N4O5. The fourth-order valence-electron chi connectivity index (χ4n) is 3.58. The summed E-state index contributed by atoms with van der Waals surface area (Å²) in [4.78, 5) is 39.5. The lowest BCUT2D eigenvalue weighted by molar-refractivity contribution is -0.132. The van der Waals surface area contributed by atoms with Gasteiger partial charge >= 0.3 is 5.69 Å². The number of H-pyrrole nitrogens is 1. The van der Waals surface area contributed by atoms with E-state index in [1.54, 1.807) is 20.1 Å². The number of nitrogens with one attached hydrogen (secondary N) is 1. The first-order valence-electron chi connectivity index (χ1n) is 10.0. The molecule has 2 aromatic rings. The minimum Gasteiger partial charge on any atom is -0.496 e. The Hall–Kier alpha value is -3.36. The average molecular weight is 414 g/mol. The van der Waals surface area contributed by atoms with Crippen LogP contribution in [0.2, 0.25) is 0 Å². The van der Waals surface area contributed by atoms with Gasteiger partial charge in [0.25, 0.3) is 5.56 Å². The number of ether oxygens (including phenoxy) is 1. The molecule has 9 heteroatoms. The molecule has 0 aliphatic carbocycles. The minimum absolute atomic E-state index is 0.0861. The first-order valence-corrected chi connectivity index (χ1v) is 10.0. The first kappa shape index (κ1) is 21.4. The van der Waals surface area contributed by atoms with E-state index in [-0.39, 0.29) is 36.6 Å². The van der Waals surface area contributed by atoms with Gasteiger partial charge < -0.3 is 9.84 Å². The van der Waals surface area contributed by atoms with Crippen LogP contribution in [0.25, 0.3) is 0 Å². The maximum atomic E-state index is 12.6. The number of methoxy groups -OCH3 is 1. The number of hydrogen-bond acceptors (Lipinski definition) is 6. The van der Waals surface area contributed by atoms with Gasteiger partial charge in [0.2, 0.25) is 11.8 Å². The highest BCUT2D eigenvalue weighted by Gasteiger charge is 2.36. The highest BCUT2D eigenvalue weighted by molar-refractivity contribution is 6.04. The summed E-state index contributed by atoms with van der Waals surface area (Å²) in [5.41, 5.74) is -0.492. The number of benzene rings is 1. The maximum Gasteiger partial charge on any atom is 0.331 e. The topological polar surface area (TPSA) is 117 Å². The van der Waals surface area contributed by atoms with Crippen LogP contribution in [-0.2, 0) is 11.3 Å². The van der Waals surface area contributed by atoms with Crippen molar-refractivity contribution in [3.05, 3.63) is 56.2 Å². The number of rotatable bonds is 7. The number of hydrogen-bond donors (Lipinski definition) is 2. The van der Waals surface area contributed by atoms with Crippen LogP contribution in [0.5, 0.6) is 11.6 Å². The van der Waals surface area contributed by atoms with Crippen LogP contribution in [0.3, 0.4) is 0 Å². The zero-order chi connectivity index (χ0) is 21.8. The lowest BCUT2D eigenvalue weighted by Gasteiger charge is -2.23. The van der Waals surface area contributed by atoms with E-state index in [2.05, 4.69) is 10.1 Å². The highest BCUT2D eigenvalue weighted by Crippen LogP contribution is 2.38. The summed E-state index contributed by atoms with van der Waals surface area (Å²) in [5, 5.41) is 16.4. The van der Waals surface area contributed by atoms with Crippen molar-refractivity contribution >= 4 is 11.6 Å². The van der Waals surface area contributed by atoms with Gasteiger partial charge in [0, 0.05) is 24.9 Å². The molecule has 9 nitrogen and oxygen atoms in total. The van der Waals surface area contributed by atoms with Crippen LogP contribution in [0.4, 0.5) is 0 Å². The summed E-state index contributed by atoms with van der Waals surface area (Å²) >= 11 is 0. The number of nitrogens with zero attached hydrogens (tertiary/aromatic N) is 3. The minimum atomic E-state index is -0.728. The lowest BCUT2D eigenvalue weighted by Crippen LogP contribution is -2.33. The van der Waals surface area contributed by atoms with E-state index in [9.17, 15) is 19.5 Å². The van der Waals surface area contributed by atoms with Crippen molar-refractivity contribution in [1.29, 1.82) is 0 Å². The van der Waals surface area contributed by atoms with Gasteiger partial charge in [-0.15, -0.1) is 0 Å². The van der Waals surface area contributed by atoms with Gasteiger partial charge in [0.1, 0.15) is 11.3 Å². The molecule has 0 fully saturated rings. The molecule has 0 saturated heterocycles. The third-order valence-electron chi connectivity index (χ3n) is 5.16. The predicted octanol–water partition coefficient (Wildman–Crippen LogP) is 2.14. The van der Waals surface area contributed by atoms with Crippen LogP contribution < -0.4 is 16.0 Å². The number of carbonyl (C=O) groups is 1. The van der Waals surface area contributed by atoms with Gasteiger partial charge in [0.15, 0.2) is 0 Å². The van der Waals surface area contributed by atoms with Crippen LogP contribution in [-0.4, -0.2) is 38.4 Å². The Labute approximate surface area is 173 Å².